The minimum absolute atomic E-state index is 0.0808. The standard InChI is InChI=1S/C49H63F2N5O5Si/c1-25(2)62(26(3)4,27(5)6)21-20-34-36(50)18-16-31-22-32(53-46(57)60-48(10,11)12)23-35(39(31)34)42-41(51)38-28(7)29(8)52-44-40(38)45(54-42)59-30(9)43-37-19-17-33(24-55(43)44)56(37)47(58)61-49(13,14)15/h16,18,22-23,25-27,30,33,37,43H,17,19,24H2,1-15H3,(H,53,57)/t30-,33+,37-,43+/m0/s1. The van der Waals surface area contributed by atoms with Gasteiger partial charge in [-0.15, -0.1) is 5.54 Å². The highest BCUT2D eigenvalue weighted by atomic mass is 28.3. The summed E-state index contributed by atoms with van der Waals surface area (Å²) < 4.78 is 53.0. The van der Waals surface area contributed by atoms with Crippen molar-refractivity contribution in [2.45, 2.75) is 169 Å². The van der Waals surface area contributed by atoms with Crippen molar-refractivity contribution in [2.75, 3.05) is 16.8 Å². The highest BCUT2D eigenvalue weighted by Gasteiger charge is 2.54. The molecule has 0 aliphatic carbocycles. The lowest BCUT2D eigenvalue weighted by Crippen LogP contribution is -2.65. The van der Waals surface area contributed by atoms with Gasteiger partial charge in [0.05, 0.1) is 29.1 Å². The third-order valence-electron chi connectivity index (χ3n) is 13.1. The third-order valence-corrected chi connectivity index (χ3v) is 19.4. The molecule has 0 radical (unpaired) electrons. The number of hydrogen-bond donors (Lipinski definition) is 1. The van der Waals surface area contributed by atoms with Gasteiger partial charge < -0.3 is 19.1 Å². The molecule has 2 aromatic carbocycles. The van der Waals surface area contributed by atoms with Gasteiger partial charge in [0.1, 0.15) is 42.7 Å². The zero-order valence-electron chi connectivity index (χ0n) is 39.1. The molecule has 5 heterocycles. The Morgan fingerprint density at radius 1 is 0.903 bits per heavy atom. The number of aryl methyl sites for hydroxylation is 2. The highest BCUT2D eigenvalue weighted by molar-refractivity contribution is 6.90. The van der Waals surface area contributed by atoms with Gasteiger partial charge in [-0.3, -0.25) is 10.2 Å². The molecule has 332 valence electrons. The molecule has 2 saturated heterocycles. The number of benzene rings is 2. The number of aromatic nitrogens is 2. The number of carbonyl (C=O) groups excluding carboxylic acids is 2. The number of pyridine rings is 2. The van der Waals surface area contributed by atoms with Crippen LogP contribution in [0.1, 0.15) is 120 Å². The van der Waals surface area contributed by atoms with Crippen molar-refractivity contribution < 1.29 is 32.6 Å². The first kappa shape index (κ1) is 45.1. The van der Waals surface area contributed by atoms with Gasteiger partial charge in [0, 0.05) is 34.3 Å². The molecule has 4 atom stereocenters. The van der Waals surface area contributed by atoms with Crippen LogP contribution in [0.4, 0.5) is 29.9 Å². The number of hydrogen-bond acceptors (Lipinski definition) is 8. The van der Waals surface area contributed by atoms with Crippen molar-refractivity contribution in [3.8, 4) is 28.6 Å². The molecule has 3 aliphatic heterocycles. The molecule has 7 rings (SSSR count). The molecule has 2 fully saturated rings. The van der Waals surface area contributed by atoms with Crippen LogP contribution in [0.2, 0.25) is 16.6 Å². The summed E-state index contributed by atoms with van der Waals surface area (Å²) in [7, 11) is -2.36. The smallest absolute Gasteiger partial charge is 0.412 e. The first-order valence-corrected chi connectivity index (χ1v) is 24.3. The monoisotopic (exact) mass is 867 g/mol. The predicted molar refractivity (Wildman–Crippen MR) is 246 cm³/mol. The van der Waals surface area contributed by atoms with Crippen LogP contribution in [0.3, 0.4) is 0 Å². The van der Waals surface area contributed by atoms with E-state index in [9.17, 15) is 9.59 Å². The van der Waals surface area contributed by atoms with Gasteiger partial charge in [0.2, 0.25) is 5.88 Å². The molecule has 4 aromatic rings. The Balaban J connectivity index is 1.49. The first-order chi connectivity index (χ1) is 28.8. The van der Waals surface area contributed by atoms with Gasteiger partial charge in [-0.2, -0.15) is 0 Å². The quantitative estimate of drug-likeness (QED) is 0.156. The van der Waals surface area contributed by atoms with Crippen LogP contribution in [0, 0.1) is 36.9 Å². The van der Waals surface area contributed by atoms with E-state index in [1.54, 1.807) is 39.0 Å². The summed E-state index contributed by atoms with van der Waals surface area (Å²) in [5.74, 6) is 2.90. The van der Waals surface area contributed by atoms with Gasteiger partial charge in [-0.05, 0) is 121 Å². The molecule has 0 saturated carbocycles. The summed E-state index contributed by atoms with van der Waals surface area (Å²) >= 11 is 0. The Labute approximate surface area is 366 Å². The van der Waals surface area contributed by atoms with Gasteiger partial charge >= 0.3 is 12.2 Å². The Morgan fingerprint density at radius 3 is 2.16 bits per heavy atom. The maximum Gasteiger partial charge on any atom is 0.412 e. The summed E-state index contributed by atoms with van der Waals surface area (Å²) in [4.78, 5) is 41.1. The second-order valence-corrected chi connectivity index (χ2v) is 26.0. The Bertz CT molecular complexity index is 2510. The number of amides is 2. The number of fused-ring (bicyclic) bond motifs is 6. The van der Waals surface area contributed by atoms with Crippen LogP contribution in [-0.4, -0.2) is 77.1 Å². The molecule has 1 N–H and O–H groups in total. The van der Waals surface area contributed by atoms with Crippen molar-refractivity contribution in [2.24, 2.45) is 0 Å². The minimum atomic E-state index is -2.36. The van der Waals surface area contributed by atoms with Crippen molar-refractivity contribution in [1.82, 2.24) is 14.9 Å². The lowest BCUT2D eigenvalue weighted by atomic mass is 9.94. The third kappa shape index (κ3) is 7.85. The van der Waals surface area contributed by atoms with E-state index in [0.29, 0.717) is 45.5 Å². The fourth-order valence-corrected chi connectivity index (χ4v) is 15.7. The Kier molecular flexibility index (Phi) is 11.6. The molecule has 2 aromatic heterocycles. The predicted octanol–water partition coefficient (Wildman–Crippen LogP) is 12.0. The molecule has 3 aliphatic rings. The number of anilines is 2. The van der Waals surface area contributed by atoms with E-state index in [1.807, 2.05) is 46.4 Å². The van der Waals surface area contributed by atoms with Crippen LogP contribution in [-0.2, 0) is 9.47 Å². The number of ether oxygens (including phenoxy) is 3. The summed E-state index contributed by atoms with van der Waals surface area (Å²) in [6.07, 6.45) is -0.0613. The molecule has 10 nitrogen and oxygen atoms in total. The molecule has 13 heteroatoms. The zero-order chi connectivity index (χ0) is 45.5. The number of nitrogens with zero attached hydrogens (tertiary/aromatic N) is 4. The molecule has 0 unspecified atom stereocenters. The Hall–Kier alpha value is -4.96. The second kappa shape index (κ2) is 16.0. The van der Waals surface area contributed by atoms with Crippen molar-refractivity contribution in [3.63, 3.8) is 0 Å². The topological polar surface area (TPSA) is 106 Å². The molecule has 0 spiro atoms. The summed E-state index contributed by atoms with van der Waals surface area (Å²) in [5, 5.41) is 4.46. The second-order valence-electron chi connectivity index (χ2n) is 20.4. The van der Waals surface area contributed by atoms with Crippen molar-refractivity contribution in [1.29, 1.82) is 0 Å². The minimum Gasteiger partial charge on any atom is -0.472 e. The number of halogens is 2. The maximum absolute atomic E-state index is 18.1. The van der Waals surface area contributed by atoms with Crippen molar-refractivity contribution >= 4 is 53.3 Å². The number of rotatable bonds is 5. The van der Waals surface area contributed by atoms with Crippen LogP contribution >= 0.6 is 0 Å². The van der Waals surface area contributed by atoms with Crippen LogP contribution in [0.5, 0.6) is 5.88 Å². The molecule has 2 bridgehead atoms. The van der Waals surface area contributed by atoms with Crippen LogP contribution in [0.25, 0.3) is 32.8 Å². The highest BCUT2D eigenvalue weighted by Crippen LogP contribution is 2.49. The van der Waals surface area contributed by atoms with E-state index in [-0.39, 0.29) is 68.9 Å². The number of piperazine rings is 1. The van der Waals surface area contributed by atoms with Gasteiger partial charge in [0.15, 0.2) is 5.82 Å². The summed E-state index contributed by atoms with van der Waals surface area (Å²) in [6, 6.07) is 5.59. The Morgan fingerprint density at radius 2 is 1.55 bits per heavy atom. The van der Waals surface area contributed by atoms with Crippen molar-refractivity contribution in [3.05, 3.63) is 52.7 Å². The van der Waals surface area contributed by atoms with E-state index in [2.05, 4.69) is 63.2 Å². The molecule has 2 amide bonds. The van der Waals surface area contributed by atoms with E-state index in [4.69, 9.17) is 24.2 Å². The fraction of sp³-hybridized carbons (Fsp3) is 0.551. The SMILES string of the molecule is Cc1nc2c3c(nc(-c4cc(NC(=O)OC(C)(C)C)cc5ccc(F)c(C#C[Si](C(C)C)(C(C)C)C(C)C)c45)c(F)c3c1C)O[C@@H](C)[C@@H]1[C@@H]3CC[C@H](CN21)N3C(=O)OC(C)(C)C. The van der Waals surface area contributed by atoms with Gasteiger partial charge in [-0.1, -0.05) is 53.5 Å². The first-order valence-electron chi connectivity index (χ1n) is 22.1. The maximum atomic E-state index is 18.1. The van der Waals surface area contributed by atoms with E-state index < -0.39 is 43.1 Å². The van der Waals surface area contributed by atoms with Crippen LogP contribution < -0.4 is 15.0 Å². The average Bonchev–Trinajstić information content (AvgIpc) is 3.39. The fourth-order valence-electron chi connectivity index (χ4n) is 10.5. The van der Waals surface area contributed by atoms with Crippen LogP contribution in [0.15, 0.2) is 24.3 Å². The van der Waals surface area contributed by atoms with Gasteiger partial charge in [-0.25, -0.2) is 28.3 Å². The molecular weight excluding hydrogens is 805 g/mol. The van der Waals surface area contributed by atoms with E-state index >= 15 is 8.78 Å². The lowest BCUT2D eigenvalue weighted by molar-refractivity contribution is 0.000932. The van der Waals surface area contributed by atoms with Gasteiger partial charge in [0.25, 0.3) is 0 Å². The summed E-state index contributed by atoms with van der Waals surface area (Å²) in [5.41, 5.74) is 4.92. The number of nitrogens with one attached hydrogen (secondary N) is 1. The lowest BCUT2D eigenvalue weighted by Gasteiger charge is -2.48. The largest absolute Gasteiger partial charge is 0.472 e. The number of carbonyl (C=O) groups is 2. The zero-order valence-corrected chi connectivity index (χ0v) is 40.1. The average molecular weight is 868 g/mol. The molecular formula is C49H63F2N5O5Si. The normalized spacial score (nSPS) is 20.0. The summed E-state index contributed by atoms with van der Waals surface area (Å²) in [6.45, 7) is 30.2. The van der Waals surface area contributed by atoms with E-state index in [1.165, 1.54) is 6.07 Å². The molecule has 62 heavy (non-hydrogen) atoms. The van der Waals surface area contributed by atoms with E-state index in [0.717, 1.165) is 12.8 Å².